The van der Waals surface area contributed by atoms with Gasteiger partial charge in [0.25, 0.3) is 0 Å². The molecule has 1 aromatic rings. The van der Waals surface area contributed by atoms with Gasteiger partial charge < -0.3 is 5.32 Å². The molecule has 1 fully saturated rings. The molecule has 2 nitrogen and oxygen atoms in total. The van der Waals surface area contributed by atoms with Crippen molar-refractivity contribution in [1.82, 2.24) is 10.2 Å². The Morgan fingerprint density at radius 2 is 2.00 bits per heavy atom. The average molecular weight is 260 g/mol. The minimum Gasteiger partial charge on any atom is -0.309 e. The summed E-state index contributed by atoms with van der Waals surface area (Å²) in [5, 5.41) is 3.75. The van der Waals surface area contributed by atoms with Gasteiger partial charge in [-0.2, -0.15) is 0 Å². The van der Waals surface area contributed by atoms with Crippen molar-refractivity contribution in [2.24, 2.45) is 0 Å². The van der Waals surface area contributed by atoms with Crippen LogP contribution in [0.3, 0.4) is 0 Å². The summed E-state index contributed by atoms with van der Waals surface area (Å²) in [6.07, 6.45) is 3.75. The van der Waals surface area contributed by atoms with Crippen molar-refractivity contribution in [1.29, 1.82) is 0 Å². The van der Waals surface area contributed by atoms with Crippen molar-refractivity contribution in [2.75, 3.05) is 13.1 Å². The van der Waals surface area contributed by atoms with Crippen molar-refractivity contribution in [3.8, 4) is 0 Å². The Kier molecular flexibility index (Phi) is 5.00. The third kappa shape index (κ3) is 3.80. The van der Waals surface area contributed by atoms with Crippen LogP contribution in [-0.4, -0.2) is 29.6 Å². The highest BCUT2D eigenvalue weighted by atomic mass is 15.2. The summed E-state index contributed by atoms with van der Waals surface area (Å²) in [6, 6.07) is 11.6. The van der Waals surface area contributed by atoms with Crippen LogP contribution < -0.4 is 5.32 Å². The number of hydrogen-bond acceptors (Lipinski definition) is 2. The Balaban J connectivity index is 2.07. The zero-order valence-corrected chi connectivity index (χ0v) is 12.7. The molecule has 0 radical (unpaired) electrons. The largest absolute Gasteiger partial charge is 0.309 e. The topological polar surface area (TPSA) is 15.3 Å². The van der Waals surface area contributed by atoms with Crippen molar-refractivity contribution >= 4 is 0 Å². The van der Waals surface area contributed by atoms with E-state index in [4.69, 9.17) is 0 Å². The number of rotatable bonds is 5. The third-order valence-electron chi connectivity index (χ3n) is 4.46. The lowest BCUT2D eigenvalue weighted by atomic mass is 9.92. The summed E-state index contributed by atoms with van der Waals surface area (Å²) in [4.78, 5) is 2.68. The molecule has 1 aliphatic heterocycles. The van der Waals surface area contributed by atoms with E-state index in [0.717, 1.165) is 19.6 Å². The van der Waals surface area contributed by atoms with Gasteiger partial charge in [0.15, 0.2) is 0 Å². The summed E-state index contributed by atoms with van der Waals surface area (Å²) < 4.78 is 0. The van der Waals surface area contributed by atoms with Gasteiger partial charge in [-0.3, -0.25) is 4.90 Å². The van der Waals surface area contributed by atoms with Crippen LogP contribution in [0.25, 0.3) is 0 Å². The Morgan fingerprint density at radius 1 is 1.26 bits per heavy atom. The molecule has 1 aromatic carbocycles. The van der Waals surface area contributed by atoms with E-state index in [1.165, 1.54) is 24.8 Å². The molecule has 106 valence electrons. The molecule has 0 aromatic heterocycles. The van der Waals surface area contributed by atoms with Gasteiger partial charge in [0.2, 0.25) is 0 Å². The van der Waals surface area contributed by atoms with Crippen molar-refractivity contribution in [2.45, 2.75) is 58.2 Å². The van der Waals surface area contributed by atoms with Gasteiger partial charge in [-0.1, -0.05) is 50.6 Å². The van der Waals surface area contributed by atoms with E-state index < -0.39 is 0 Å². The van der Waals surface area contributed by atoms with Crippen LogP contribution in [-0.2, 0) is 6.54 Å². The maximum atomic E-state index is 3.75. The van der Waals surface area contributed by atoms with E-state index in [1.807, 2.05) is 0 Å². The highest BCUT2D eigenvalue weighted by Crippen LogP contribution is 2.23. The first-order chi connectivity index (χ1) is 9.17. The maximum Gasteiger partial charge on any atom is 0.0278 e. The Bertz CT molecular complexity index is 376. The lowest BCUT2D eigenvalue weighted by Crippen LogP contribution is -2.62. The van der Waals surface area contributed by atoms with Gasteiger partial charge in [-0.15, -0.1) is 0 Å². The van der Waals surface area contributed by atoms with Gasteiger partial charge >= 0.3 is 0 Å². The minimum absolute atomic E-state index is 0.277. The van der Waals surface area contributed by atoms with Crippen LogP contribution in [0.1, 0.15) is 45.6 Å². The summed E-state index contributed by atoms with van der Waals surface area (Å²) in [5.74, 6) is 0. The molecule has 0 saturated carbocycles. The van der Waals surface area contributed by atoms with Crippen LogP contribution >= 0.6 is 0 Å². The molecule has 1 heterocycles. The Morgan fingerprint density at radius 3 is 2.63 bits per heavy atom. The highest BCUT2D eigenvalue weighted by Gasteiger charge is 2.33. The molecular formula is C17H28N2. The molecule has 0 amide bonds. The zero-order valence-electron chi connectivity index (χ0n) is 12.7. The van der Waals surface area contributed by atoms with Gasteiger partial charge in [0.1, 0.15) is 0 Å². The number of nitrogens with zero attached hydrogens (tertiary/aromatic N) is 1. The van der Waals surface area contributed by atoms with Crippen LogP contribution in [0, 0.1) is 0 Å². The summed E-state index contributed by atoms with van der Waals surface area (Å²) >= 11 is 0. The minimum atomic E-state index is 0.277. The molecular weight excluding hydrogens is 232 g/mol. The second-order valence-electron chi connectivity index (χ2n) is 6.13. The van der Waals surface area contributed by atoms with Crippen LogP contribution in [0.15, 0.2) is 30.3 Å². The van der Waals surface area contributed by atoms with Crippen LogP contribution in [0.2, 0.25) is 0 Å². The number of nitrogens with one attached hydrogen (secondary N) is 1. The van der Waals surface area contributed by atoms with Crippen molar-refractivity contribution < 1.29 is 0 Å². The fraction of sp³-hybridized carbons (Fsp3) is 0.647. The predicted octanol–water partition coefficient (Wildman–Crippen LogP) is 3.43. The first kappa shape index (κ1) is 14.5. The lowest BCUT2D eigenvalue weighted by molar-refractivity contribution is 0.0726. The molecule has 1 saturated heterocycles. The van der Waals surface area contributed by atoms with Gasteiger partial charge in [0, 0.05) is 31.2 Å². The smallest absolute Gasteiger partial charge is 0.0278 e. The van der Waals surface area contributed by atoms with E-state index in [2.05, 4.69) is 61.3 Å². The van der Waals surface area contributed by atoms with Crippen LogP contribution in [0.5, 0.6) is 0 Å². The van der Waals surface area contributed by atoms with E-state index in [9.17, 15) is 0 Å². The molecule has 2 atom stereocenters. The standard InChI is InChI=1S/C17H28N2/c1-4-9-16-12-18-17(3,5-2)14-19(16)13-15-10-7-6-8-11-15/h6-8,10-11,16,18H,4-5,9,12-14H2,1-3H3. The predicted molar refractivity (Wildman–Crippen MR) is 82.2 cm³/mol. The van der Waals surface area contributed by atoms with E-state index in [1.54, 1.807) is 0 Å². The number of hydrogen-bond donors (Lipinski definition) is 1. The molecule has 1 N–H and O–H groups in total. The second kappa shape index (κ2) is 6.53. The SMILES string of the molecule is CCCC1CNC(C)(CC)CN1Cc1ccccc1. The van der Waals surface area contributed by atoms with Gasteiger partial charge in [0.05, 0.1) is 0 Å². The van der Waals surface area contributed by atoms with E-state index in [0.29, 0.717) is 6.04 Å². The lowest BCUT2D eigenvalue weighted by Gasteiger charge is -2.46. The van der Waals surface area contributed by atoms with Gasteiger partial charge in [-0.05, 0) is 25.3 Å². The van der Waals surface area contributed by atoms with Gasteiger partial charge in [-0.25, -0.2) is 0 Å². The Hall–Kier alpha value is -0.860. The molecule has 2 heteroatoms. The first-order valence-electron chi connectivity index (χ1n) is 7.70. The first-order valence-corrected chi connectivity index (χ1v) is 7.70. The fourth-order valence-electron chi connectivity index (χ4n) is 2.98. The maximum absolute atomic E-state index is 3.75. The van der Waals surface area contributed by atoms with Crippen molar-refractivity contribution in [3.05, 3.63) is 35.9 Å². The third-order valence-corrected chi connectivity index (χ3v) is 4.46. The molecule has 1 aliphatic rings. The van der Waals surface area contributed by atoms with Crippen molar-refractivity contribution in [3.63, 3.8) is 0 Å². The molecule has 19 heavy (non-hydrogen) atoms. The number of piperazine rings is 1. The average Bonchev–Trinajstić information content (AvgIpc) is 2.43. The summed E-state index contributed by atoms with van der Waals surface area (Å²) in [6.45, 7) is 10.3. The quantitative estimate of drug-likeness (QED) is 0.872. The fourth-order valence-corrected chi connectivity index (χ4v) is 2.98. The van der Waals surface area contributed by atoms with Crippen LogP contribution in [0.4, 0.5) is 0 Å². The molecule has 2 rings (SSSR count). The Labute approximate surface area is 118 Å². The molecule has 0 spiro atoms. The highest BCUT2D eigenvalue weighted by molar-refractivity contribution is 5.15. The summed E-state index contributed by atoms with van der Waals surface area (Å²) in [7, 11) is 0. The molecule has 0 bridgehead atoms. The molecule has 0 aliphatic carbocycles. The zero-order chi connectivity index (χ0) is 13.7. The van der Waals surface area contributed by atoms with E-state index in [-0.39, 0.29) is 5.54 Å². The van der Waals surface area contributed by atoms with E-state index >= 15 is 0 Å². The summed E-state index contributed by atoms with van der Waals surface area (Å²) in [5.41, 5.74) is 1.71. The second-order valence-corrected chi connectivity index (χ2v) is 6.13. The monoisotopic (exact) mass is 260 g/mol. The normalized spacial score (nSPS) is 28.5. The number of benzene rings is 1. The molecule has 2 unspecified atom stereocenters.